The number of rotatable bonds is 5. The molecule has 1 spiro atoms. The Bertz CT molecular complexity index is 650. The molecule has 0 radical (unpaired) electrons. The summed E-state index contributed by atoms with van der Waals surface area (Å²) in [6.07, 6.45) is 3.53. The summed E-state index contributed by atoms with van der Waals surface area (Å²) in [6, 6.07) is 15.7. The van der Waals surface area contributed by atoms with Crippen LogP contribution in [0, 0.1) is 0 Å². The monoisotopic (exact) mass is 356 g/mol. The van der Waals surface area contributed by atoms with Crippen molar-refractivity contribution in [1.29, 1.82) is 0 Å². The van der Waals surface area contributed by atoms with Crippen molar-refractivity contribution in [3.8, 4) is 0 Å². The fourth-order valence-corrected chi connectivity index (χ4v) is 4.94. The van der Waals surface area contributed by atoms with Crippen molar-refractivity contribution in [1.82, 2.24) is 9.80 Å². The smallest absolute Gasteiger partial charge is 0.0723 e. The van der Waals surface area contributed by atoms with Crippen LogP contribution in [-0.4, -0.2) is 48.2 Å². The second-order valence-corrected chi connectivity index (χ2v) is 8.64. The minimum absolute atomic E-state index is 0.127. The van der Waals surface area contributed by atoms with Gasteiger partial charge in [-0.2, -0.15) is 0 Å². The third kappa shape index (κ3) is 4.14. The van der Waals surface area contributed by atoms with Gasteiger partial charge < -0.3 is 4.74 Å². The van der Waals surface area contributed by atoms with Gasteiger partial charge in [-0.05, 0) is 43.3 Å². The SMILES string of the molecule is CN(Cc1ccccc1)[C@@H]1COC2(CCN(Cc3cccs3)CC2)C1. The summed E-state index contributed by atoms with van der Waals surface area (Å²) in [5, 5.41) is 2.17. The molecule has 1 aromatic heterocycles. The number of likely N-dealkylation sites (N-methyl/N-ethyl adjacent to an activating group) is 1. The van der Waals surface area contributed by atoms with Crippen molar-refractivity contribution < 1.29 is 4.74 Å². The first kappa shape index (κ1) is 17.2. The average molecular weight is 357 g/mol. The zero-order valence-electron chi connectivity index (χ0n) is 15.1. The summed E-state index contributed by atoms with van der Waals surface area (Å²) in [6.45, 7) is 5.31. The van der Waals surface area contributed by atoms with E-state index in [9.17, 15) is 0 Å². The van der Waals surface area contributed by atoms with E-state index >= 15 is 0 Å². The lowest BCUT2D eigenvalue weighted by atomic mass is 9.87. The van der Waals surface area contributed by atoms with Crippen molar-refractivity contribution in [2.75, 3.05) is 26.7 Å². The lowest BCUT2D eigenvalue weighted by Gasteiger charge is -2.38. The van der Waals surface area contributed by atoms with E-state index < -0.39 is 0 Å². The Morgan fingerprint density at radius 2 is 1.96 bits per heavy atom. The third-order valence-corrected chi connectivity index (χ3v) is 6.68. The van der Waals surface area contributed by atoms with Crippen LogP contribution in [0.5, 0.6) is 0 Å². The average Bonchev–Trinajstić information content (AvgIpc) is 3.29. The number of benzene rings is 1. The first-order valence-corrected chi connectivity index (χ1v) is 10.2. The summed E-state index contributed by atoms with van der Waals surface area (Å²) >= 11 is 1.87. The number of piperidine rings is 1. The quantitative estimate of drug-likeness (QED) is 0.805. The van der Waals surface area contributed by atoms with E-state index in [-0.39, 0.29) is 5.60 Å². The molecule has 1 aromatic carbocycles. The normalized spacial score (nSPS) is 23.5. The Kier molecular flexibility index (Phi) is 5.23. The molecule has 3 nitrogen and oxygen atoms in total. The van der Waals surface area contributed by atoms with E-state index in [1.54, 1.807) is 0 Å². The third-order valence-electron chi connectivity index (χ3n) is 5.81. The number of hydrogen-bond acceptors (Lipinski definition) is 4. The Balaban J connectivity index is 1.28. The molecule has 0 unspecified atom stereocenters. The van der Waals surface area contributed by atoms with Crippen LogP contribution in [-0.2, 0) is 17.8 Å². The van der Waals surface area contributed by atoms with Gasteiger partial charge in [-0.1, -0.05) is 36.4 Å². The first-order valence-electron chi connectivity index (χ1n) is 9.35. The Hall–Kier alpha value is -1.20. The van der Waals surface area contributed by atoms with Crippen molar-refractivity contribution in [2.45, 2.75) is 44.0 Å². The van der Waals surface area contributed by atoms with Crippen LogP contribution in [0.1, 0.15) is 29.7 Å². The molecule has 25 heavy (non-hydrogen) atoms. The lowest BCUT2D eigenvalue weighted by Crippen LogP contribution is -2.44. The van der Waals surface area contributed by atoms with Gasteiger partial charge in [-0.15, -0.1) is 11.3 Å². The number of likely N-dealkylation sites (tertiary alicyclic amines) is 1. The van der Waals surface area contributed by atoms with Gasteiger partial charge in [0.25, 0.3) is 0 Å². The van der Waals surface area contributed by atoms with Crippen molar-refractivity contribution >= 4 is 11.3 Å². The van der Waals surface area contributed by atoms with Crippen LogP contribution >= 0.6 is 11.3 Å². The van der Waals surface area contributed by atoms with Crippen LogP contribution in [0.4, 0.5) is 0 Å². The molecule has 3 heterocycles. The molecule has 2 aliphatic rings. The van der Waals surface area contributed by atoms with Crippen LogP contribution in [0.3, 0.4) is 0 Å². The molecule has 4 heteroatoms. The summed E-state index contributed by atoms with van der Waals surface area (Å²) < 4.78 is 6.37. The Labute approximate surface area is 155 Å². The molecule has 2 saturated heterocycles. The summed E-state index contributed by atoms with van der Waals surface area (Å²) in [7, 11) is 2.24. The summed E-state index contributed by atoms with van der Waals surface area (Å²) in [5.41, 5.74) is 1.51. The molecule has 0 aliphatic carbocycles. The topological polar surface area (TPSA) is 15.7 Å². The van der Waals surface area contributed by atoms with E-state index in [0.717, 1.165) is 32.8 Å². The molecule has 4 rings (SSSR count). The highest BCUT2D eigenvalue weighted by atomic mass is 32.1. The fraction of sp³-hybridized carbons (Fsp3) is 0.524. The lowest BCUT2D eigenvalue weighted by molar-refractivity contribution is -0.0451. The van der Waals surface area contributed by atoms with Crippen LogP contribution in [0.2, 0.25) is 0 Å². The molecule has 0 bridgehead atoms. The fourth-order valence-electron chi connectivity index (χ4n) is 4.19. The second-order valence-electron chi connectivity index (χ2n) is 7.61. The zero-order valence-corrected chi connectivity index (χ0v) is 15.9. The molecule has 134 valence electrons. The van der Waals surface area contributed by atoms with Gasteiger partial charge in [0, 0.05) is 37.1 Å². The van der Waals surface area contributed by atoms with Crippen LogP contribution < -0.4 is 0 Å². The molecular weight excluding hydrogens is 328 g/mol. The minimum atomic E-state index is 0.127. The highest BCUT2D eigenvalue weighted by Crippen LogP contribution is 2.38. The van der Waals surface area contributed by atoms with Gasteiger partial charge in [-0.3, -0.25) is 9.80 Å². The van der Waals surface area contributed by atoms with Gasteiger partial charge in [0.1, 0.15) is 0 Å². The van der Waals surface area contributed by atoms with E-state index in [0.29, 0.717) is 6.04 Å². The highest BCUT2D eigenvalue weighted by Gasteiger charge is 2.43. The number of ether oxygens (including phenoxy) is 1. The maximum Gasteiger partial charge on any atom is 0.0723 e. The van der Waals surface area contributed by atoms with Crippen LogP contribution in [0.25, 0.3) is 0 Å². The molecule has 2 fully saturated rings. The van der Waals surface area contributed by atoms with Crippen molar-refractivity contribution in [3.05, 3.63) is 58.3 Å². The zero-order chi connectivity index (χ0) is 17.1. The van der Waals surface area contributed by atoms with Gasteiger partial charge in [0.2, 0.25) is 0 Å². The summed E-state index contributed by atoms with van der Waals surface area (Å²) in [5.74, 6) is 0. The molecular formula is C21H28N2OS. The maximum atomic E-state index is 6.37. The van der Waals surface area contributed by atoms with Crippen molar-refractivity contribution in [2.24, 2.45) is 0 Å². The standard InChI is InChI=1S/C21H28N2OS/c1-22(15-18-6-3-2-4-7-18)19-14-21(24-17-19)9-11-23(12-10-21)16-20-8-5-13-25-20/h2-8,13,19H,9-12,14-17H2,1H3/t19-/m0/s1. The molecule has 1 atom stereocenters. The molecule has 2 aliphatic heterocycles. The van der Waals surface area contributed by atoms with Crippen LogP contribution in [0.15, 0.2) is 47.8 Å². The van der Waals surface area contributed by atoms with E-state index in [1.165, 1.54) is 29.7 Å². The minimum Gasteiger partial charge on any atom is -0.373 e. The number of nitrogens with zero attached hydrogens (tertiary/aromatic N) is 2. The molecule has 0 N–H and O–H groups in total. The number of hydrogen-bond donors (Lipinski definition) is 0. The first-order chi connectivity index (χ1) is 12.2. The maximum absolute atomic E-state index is 6.37. The van der Waals surface area contributed by atoms with Gasteiger partial charge >= 0.3 is 0 Å². The molecule has 0 saturated carbocycles. The second kappa shape index (κ2) is 7.58. The largest absolute Gasteiger partial charge is 0.373 e. The van der Waals surface area contributed by atoms with E-state index in [4.69, 9.17) is 4.74 Å². The van der Waals surface area contributed by atoms with Crippen molar-refractivity contribution in [3.63, 3.8) is 0 Å². The van der Waals surface area contributed by atoms with E-state index in [2.05, 4.69) is 64.7 Å². The Morgan fingerprint density at radius 3 is 2.68 bits per heavy atom. The summed E-state index contributed by atoms with van der Waals surface area (Å²) in [4.78, 5) is 6.53. The number of thiophene rings is 1. The molecule has 2 aromatic rings. The Morgan fingerprint density at radius 1 is 1.16 bits per heavy atom. The predicted octanol–water partition coefficient (Wildman–Crippen LogP) is 4.00. The van der Waals surface area contributed by atoms with Gasteiger partial charge in [0.15, 0.2) is 0 Å². The predicted molar refractivity (Wildman–Crippen MR) is 104 cm³/mol. The highest BCUT2D eigenvalue weighted by molar-refractivity contribution is 7.09. The molecule has 0 amide bonds. The van der Waals surface area contributed by atoms with Gasteiger partial charge in [-0.25, -0.2) is 0 Å². The van der Waals surface area contributed by atoms with Gasteiger partial charge in [0.05, 0.1) is 12.2 Å². The van der Waals surface area contributed by atoms with E-state index in [1.807, 2.05) is 11.3 Å².